The maximum Gasteiger partial charge on any atom is 0.244 e. The number of morpholine rings is 1. The van der Waals surface area contributed by atoms with Gasteiger partial charge in [-0.25, -0.2) is 13.4 Å². The van der Waals surface area contributed by atoms with Crippen molar-refractivity contribution in [2.45, 2.75) is 18.7 Å². The second-order valence-electron chi connectivity index (χ2n) is 6.11. The lowest BCUT2D eigenvalue weighted by atomic mass is 10.4. The lowest BCUT2D eigenvalue weighted by Gasteiger charge is -2.27. The third-order valence-corrected chi connectivity index (χ3v) is 7.50. The molecule has 1 aliphatic rings. The first kappa shape index (κ1) is 20.7. The molecule has 8 nitrogen and oxygen atoms in total. The van der Waals surface area contributed by atoms with Gasteiger partial charge < -0.3 is 9.64 Å². The zero-order valence-electron chi connectivity index (χ0n) is 16.0. The molecule has 10 heteroatoms. The lowest BCUT2D eigenvalue weighted by molar-refractivity contribution is 0.123. The summed E-state index contributed by atoms with van der Waals surface area (Å²) in [6.45, 7) is 7.81. The van der Waals surface area contributed by atoms with Crippen molar-refractivity contribution in [2.75, 3.05) is 49.7 Å². The molecule has 0 spiro atoms. The number of hydrazone groups is 1. The van der Waals surface area contributed by atoms with Crippen molar-refractivity contribution >= 4 is 38.4 Å². The fraction of sp³-hybridized carbons (Fsp3) is 0.444. The molecule has 0 amide bonds. The maximum atomic E-state index is 12.5. The molecule has 2 aromatic rings. The zero-order valence-corrected chi connectivity index (χ0v) is 17.7. The van der Waals surface area contributed by atoms with E-state index in [1.165, 1.54) is 15.5 Å². The Balaban J connectivity index is 1.60. The van der Waals surface area contributed by atoms with Crippen LogP contribution in [0.2, 0.25) is 0 Å². The number of pyridine rings is 1. The van der Waals surface area contributed by atoms with Crippen LogP contribution in [0.5, 0.6) is 0 Å². The number of nitrogens with one attached hydrogen (secondary N) is 1. The Morgan fingerprint density at radius 1 is 1.25 bits per heavy atom. The molecule has 28 heavy (non-hydrogen) atoms. The van der Waals surface area contributed by atoms with Crippen molar-refractivity contribution in [1.82, 2.24) is 9.29 Å². The van der Waals surface area contributed by atoms with Gasteiger partial charge in [0.2, 0.25) is 10.0 Å². The molecule has 0 atom stereocenters. The van der Waals surface area contributed by atoms with Crippen LogP contribution in [0.15, 0.2) is 40.5 Å². The molecule has 1 aliphatic heterocycles. The van der Waals surface area contributed by atoms with E-state index < -0.39 is 10.0 Å². The Kier molecular flexibility index (Phi) is 7.00. The zero-order chi connectivity index (χ0) is 20.0. The van der Waals surface area contributed by atoms with Gasteiger partial charge in [-0.15, -0.1) is 11.3 Å². The highest BCUT2D eigenvalue weighted by molar-refractivity contribution is 7.89. The number of aromatic nitrogens is 1. The molecule has 152 valence electrons. The normalized spacial score (nSPS) is 15.5. The van der Waals surface area contributed by atoms with E-state index in [9.17, 15) is 8.42 Å². The average Bonchev–Trinajstić information content (AvgIpc) is 3.19. The number of sulfonamides is 1. The van der Waals surface area contributed by atoms with E-state index in [0.717, 1.165) is 31.2 Å². The molecule has 0 radical (unpaired) electrons. The van der Waals surface area contributed by atoms with Gasteiger partial charge in [-0.05, 0) is 24.3 Å². The molecule has 3 rings (SSSR count). The molecule has 1 N–H and O–H groups in total. The largest absolute Gasteiger partial charge is 0.378 e. The molecule has 3 heterocycles. The van der Waals surface area contributed by atoms with Gasteiger partial charge in [-0.3, -0.25) is 5.43 Å². The number of anilines is 2. The van der Waals surface area contributed by atoms with Crippen LogP contribution in [0, 0.1) is 0 Å². The summed E-state index contributed by atoms with van der Waals surface area (Å²) in [5.74, 6) is 0.486. The third kappa shape index (κ3) is 4.88. The molecule has 0 aliphatic carbocycles. The Morgan fingerprint density at radius 2 is 2.00 bits per heavy atom. The van der Waals surface area contributed by atoms with Crippen LogP contribution in [-0.4, -0.2) is 63.3 Å². The number of hydrogen-bond donors (Lipinski definition) is 1. The predicted octanol–water partition coefficient (Wildman–Crippen LogP) is 2.46. The highest BCUT2D eigenvalue weighted by Gasteiger charge is 2.21. The lowest BCUT2D eigenvalue weighted by Crippen LogP contribution is -2.35. The highest BCUT2D eigenvalue weighted by Crippen LogP contribution is 2.25. The standard InChI is InChI=1S/C18H25N5O3S2/c1-3-23(4-2)28(24,25)16-6-7-17(19-14-16)21-20-13-15-5-8-18(27-15)22-9-11-26-12-10-22/h5-8,13-14H,3-4,9-12H2,1-2H3,(H,19,21)/b20-13+. The maximum absolute atomic E-state index is 12.5. The van der Waals surface area contributed by atoms with Gasteiger partial charge in [-0.2, -0.15) is 9.41 Å². The summed E-state index contributed by atoms with van der Waals surface area (Å²) in [6.07, 6.45) is 3.09. The van der Waals surface area contributed by atoms with Crippen molar-refractivity contribution in [1.29, 1.82) is 0 Å². The van der Waals surface area contributed by atoms with Crippen LogP contribution in [-0.2, 0) is 14.8 Å². The Bertz CT molecular complexity index is 886. The molecule has 0 saturated carbocycles. The first-order valence-electron chi connectivity index (χ1n) is 9.22. The first-order valence-corrected chi connectivity index (χ1v) is 11.5. The topological polar surface area (TPSA) is 87.1 Å². The SMILES string of the molecule is CCN(CC)S(=O)(=O)c1ccc(N/N=C/c2ccc(N3CCOCC3)s2)nc1. The molecule has 0 aromatic carbocycles. The molecule has 2 aromatic heterocycles. The second kappa shape index (κ2) is 9.46. The van der Waals surface area contributed by atoms with Gasteiger partial charge in [0.15, 0.2) is 0 Å². The van der Waals surface area contributed by atoms with E-state index in [1.54, 1.807) is 29.7 Å². The minimum atomic E-state index is -3.50. The van der Waals surface area contributed by atoms with Gasteiger partial charge in [-0.1, -0.05) is 13.8 Å². The van der Waals surface area contributed by atoms with Crippen LogP contribution >= 0.6 is 11.3 Å². The third-order valence-electron chi connectivity index (χ3n) is 4.39. The summed E-state index contributed by atoms with van der Waals surface area (Å²) in [7, 11) is -3.50. The summed E-state index contributed by atoms with van der Waals surface area (Å²) >= 11 is 1.66. The van der Waals surface area contributed by atoms with Gasteiger partial charge in [0.25, 0.3) is 0 Å². The fourth-order valence-electron chi connectivity index (χ4n) is 2.84. The van der Waals surface area contributed by atoms with Crippen molar-refractivity contribution in [2.24, 2.45) is 5.10 Å². The summed E-state index contributed by atoms with van der Waals surface area (Å²) in [4.78, 5) is 7.66. The van der Waals surface area contributed by atoms with Crippen LogP contribution in [0.1, 0.15) is 18.7 Å². The van der Waals surface area contributed by atoms with E-state index in [4.69, 9.17) is 4.74 Å². The quantitative estimate of drug-likeness (QED) is 0.518. The van der Waals surface area contributed by atoms with Gasteiger partial charge >= 0.3 is 0 Å². The van der Waals surface area contributed by atoms with Crippen molar-refractivity contribution in [3.05, 3.63) is 35.3 Å². The van der Waals surface area contributed by atoms with Crippen molar-refractivity contribution in [3.63, 3.8) is 0 Å². The number of nitrogens with zero attached hydrogens (tertiary/aromatic N) is 4. The Labute approximate surface area is 169 Å². The van der Waals surface area contributed by atoms with Crippen LogP contribution in [0.25, 0.3) is 0 Å². The smallest absolute Gasteiger partial charge is 0.244 e. The van der Waals surface area contributed by atoms with Crippen LogP contribution in [0.4, 0.5) is 10.8 Å². The van der Waals surface area contributed by atoms with Gasteiger partial charge in [0, 0.05) is 37.3 Å². The molecule has 0 bridgehead atoms. The monoisotopic (exact) mass is 423 g/mol. The van der Waals surface area contributed by atoms with Crippen LogP contribution < -0.4 is 10.3 Å². The van der Waals surface area contributed by atoms with Gasteiger partial charge in [0.05, 0.1) is 24.4 Å². The molecular weight excluding hydrogens is 398 g/mol. The Morgan fingerprint density at radius 3 is 2.64 bits per heavy atom. The van der Waals surface area contributed by atoms with E-state index >= 15 is 0 Å². The summed E-state index contributed by atoms with van der Waals surface area (Å²) in [5, 5.41) is 5.40. The molecule has 0 unspecified atom stereocenters. The highest BCUT2D eigenvalue weighted by atomic mass is 32.2. The van der Waals surface area contributed by atoms with E-state index in [1.807, 2.05) is 19.9 Å². The van der Waals surface area contributed by atoms with Crippen molar-refractivity contribution in [3.8, 4) is 0 Å². The molecular formula is C18H25N5O3S2. The fourth-order valence-corrected chi connectivity index (χ4v) is 5.17. The van der Waals surface area contributed by atoms with Gasteiger partial charge in [0.1, 0.15) is 10.7 Å². The van der Waals surface area contributed by atoms with E-state index in [2.05, 4.69) is 26.5 Å². The average molecular weight is 424 g/mol. The second-order valence-corrected chi connectivity index (χ2v) is 9.15. The van der Waals surface area contributed by atoms with E-state index in [0.29, 0.717) is 18.9 Å². The summed E-state index contributed by atoms with van der Waals surface area (Å²) in [6, 6.07) is 7.26. The summed E-state index contributed by atoms with van der Waals surface area (Å²) in [5.41, 5.74) is 2.84. The predicted molar refractivity (Wildman–Crippen MR) is 113 cm³/mol. The number of ether oxygens (including phenoxy) is 1. The Hall–Kier alpha value is -2.01. The molecule has 1 fully saturated rings. The number of rotatable bonds is 8. The first-order chi connectivity index (χ1) is 13.5. The van der Waals surface area contributed by atoms with Crippen LogP contribution in [0.3, 0.4) is 0 Å². The number of thiophene rings is 1. The molecule has 1 saturated heterocycles. The minimum Gasteiger partial charge on any atom is -0.378 e. The number of hydrogen-bond acceptors (Lipinski definition) is 8. The minimum absolute atomic E-state index is 0.180. The summed E-state index contributed by atoms with van der Waals surface area (Å²) < 4.78 is 31.7. The van der Waals surface area contributed by atoms with E-state index in [-0.39, 0.29) is 4.90 Å². The van der Waals surface area contributed by atoms with Crippen molar-refractivity contribution < 1.29 is 13.2 Å².